The molecule has 0 unspecified atom stereocenters. The fourth-order valence-electron chi connectivity index (χ4n) is 0.402. The largest absolute Gasteiger partial charge is 0.337 e. The average Bonchev–Trinajstić information content (AvgIpc) is 1.97. The average molecular weight is 140 g/mol. The molecular formula is C7H12N2O. The van der Waals surface area contributed by atoms with Crippen molar-refractivity contribution in [1.29, 1.82) is 0 Å². The minimum Gasteiger partial charge on any atom is -0.337 e. The molecule has 0 aromatic rings. The Morgan fingerprint density at radius 3 is 2.80 bits per heavy atom. The van der Waals surface area contributed by atoms with Crippen molar-refractivity contribution in [3.8, 4) is 12.0 Å². The predicted molar refractivity (Wildman–Crippen MR) is 40.3 cm³/mol. The number of amides is 2. The van der Waals surface area contributed by atoms with Crippen LogP contribution in [0.3, 0.4) is 0 Å². The van der Waals surface area contributed by atoms with Crippen LogP contribution in [0.4, 0.5) is 4.79 Å². The van der Waals surface area contributed by atoms with E-state index in [1.807, 2.05) is 6.92 Å². The smallest absolute Gasteiger partial charge is 0.326 e. The molecule has 0 atom stereocenters. The molecule has 0 aliphatic rings. The molecule has 2 N–H and O–H groups in total. The topological polar surface area (TPSA) is 41.1 Å². The SMILES string of the molecule is CC#CNC(=O)NCCC. The Hall–Kier alpha value is -1.17. The Labute approximate surface area is 61.2 Å². The molecule has 0 heterocycles. The van der Waals surface area contributed by atoms with Crippen LogP contribution in [0.25, 0.3) is 0 Å². The lowest BCUT2D eigenvalue weighted by atomic mass is 10.5. The third-order valence-electron chi connectivity index (χ3n) is 0.837. The van der Waals surface area contributed by atoms with E-state index in [4.69, 9.17) is 0 Å². The predicted octanol–water partition coefficient (Wildman–Crippen LogP) is 0.676. The van der Waals surface area contributed by atoms with Crippen LogP contribution in [-0.2, 0) is 0 Å². The highest BCUT2D eigenvalue weighted by Crippen LogP contribution is 1.69. The third kappa shape index (κ3) is 4.98. The summed E-state index contributed by atoms with van der Waals surface area (Å²) in [5.41, 5.74) is 0. The summed E-state index contributed by atoms with van der Waals surface area (Å²) in [6, 6.07) is 2.22. The zero-order valence-corrected chi connectivity index (χ0v) is 6.32. The number of hydrogen-bond donors (Lipinski definition) is 2. The Kier molecular flexibility index (Phi) is 5.26. The molecule has 0 fully saturated rings. The second-order valence-electron chi connectivity index (χ2n) is 1.76. The number of carbonyl (C=O) groups is 1. The van der Waals surface area contributed by atoms with E-state index in [1.54, 1.807) is 6.92 Å². The molecular weight excluding hydrogens is 128 g/mol. The Bertz CT molecular complexity index is 155. The van der Waals surface area contributed by atoms with Gasteiger partial charge < -0.3 is 5.32 Å². The van der Waals surface area contributed by atoms with Crippen LogP contribution in [0.1, 0.15) is 20.3 Å². The first-order valence-electron chi connectivity index (χ1n) is 3.26. The number of carbonyl (C=O) groups excluding carboxylic acids is 1. The van der Waals surface area contributed by atoms with Crippen LogP contribution in [0.2, 0.25) is 0 Å². The molecule has 0 aliphatic carbocycles. The van der Waals surface area contributed by atoms with Crippen LogP contribution in [0, 0.1) is 12.0 Å². The quantitative estimate of drug-likeness (QED) is 0.429. The van der Waals surface area contributed by atoms with Gasteiger partial charge in [0.1, 0.15) is 0 Å². The molecule has 3 nitrogen and oxygen atoms in total. The first kappa shape index (κ1) is 8.83. The number of nitrogens with one attached hydrogen (secondary N) is 2. The monoisotopic (exact) mass is 140 g/mol. The molecule has 2 amide bonds. The summed E-state index contributed by atoms with van der Waals surface area (Å²) < 4.78 is 0. The molecule has 3 heteroatoms. The maximum absolute atomic E-state index is 10.6. The lowest BCUT2D eigenvalue weighted by molar-refractivity contribution is 0.244. The lowest BCUT2D eigenvalue weighted by Crippen LogP contribution is -2.32. The molecule has 0 aromatic heterocycles. The minimum atomic E-state index is -0.226. The third-order valence-corrected chi connectivity index (χ3v) is 0.837. The Morgan fingerprint density at radius 1 is 1.60 bits per heavy atom. The highest BCUT2D eigenvalue weighted by atomic mass is 16.2. The summed E-state index contributed by atoms with van der Waals surface area (Å²) >= 11 is 0. The molecule has 0 saturated heterocycles. The van der Waals surface area contributed by atoms with Crippen molar-refractivity contribution in [1.82, 2.24) is 10.6 Å². The van der Waals surface area contributed by atoms with E-state index in [0.29, 0.717) is 6.54 Å². The fourth-order valence-corrected chi connectivity index (χ4v) is 0.402. The maximum atomic E-state index is 10.6. The number of urea groups is 1. The van der Waals surface area contributed by atoms with Crippen LogP contribution in [-0.4, -0.2) is 12.6 Å². The van der Waals surface area contributed by atoms with Gasteiger partial charge in [0.25, 0.3) is 0 Å². The number of rotatable bonds is 2. The van der Waals surface area contributed by atoms with Crippen molar-refractivity contribution >= 4 is 6.03 Å². The molecule has 0 rings (SSSR count). The van der Waals surface area contributed by atoms with Crippen LogP contribution in [0.5, 0.6) is 0 Å². The Morgan fingerprint density at radius 2 is 2.30 bits per heavy atom. The zero-order chi connectivity index (χ0) is 7.82. The molecule has 0 saturated carbocycles. The van der Waals surface area contributed by atoms with Gasteiger partial charge in [0, 0.05) is 12.6 Å². The minimum absolute atomic E-state index is 0.226. The molecule has 0 radical (unpaired) electrons. The van der Waals surface area contributed by atoms with E-state index in [-0.39, 0.29) is 6.03 Å². The zero-order valence-electron chi connectivity index (χ0n) is 6.32. The summed E-state index contributed by atoms with van der Waals surface area (Å²) in [5.74, 6) is 2.55. The van der Waals surface area contributed by atoms with Gasteiger partial charge in [-0.15, -0.1) is 0 Å². The van der Waals surface area contributed by atoms with E-state index in [0.717, 1.165) is 6.42 Å². The van der Waals surface area contributed by atoms with E-state index >= 15 is 0 Å². The Balaban J connectivity index is 3.31. The van der Waals surface area contributed by atoms with Crippen molar-refractivity contribution < 1.29 is 4.79 Å². The van der Waals surface area contributed by atoms with Crippen LogP contribution < -0.4 is 10.6 Å². The second-order valence-corrected chi connectivity index (χ2v) is 1.76. The molecule has 0 aliphatic heterocycles. The standard InChI is InChI=1S/C7H12N2O/c1-3-5-8-7(10)9-6-4-2/h3,5H2,1-2H3,(H2,8,9,10). The second kappa shape index (κ2) is 5.96. The lowest BCUT2D eigenvalue weighted by Gasteiger charge is -1.98. The van der Waals surface area contributed by atoms with Crippen molar-refractivity contribution in [2.45, 2.75) is 20.3 Å². The van der Waals surface area contributed by atoms with Gasteiger partial charge >= 0.3 is 6.03 Å². The fraction of sp³-hybridized carbons (Fsp3) is 0.571. The summed E-state index contributed by atoms with van der Waals surface area (Å²) in [7, 11) is 0. The summed E-state index contributed by atoms with van der Waals surface area (Å²) in [5, 5.41) is 4.97. The highest BCUT2D eigenvalue weighted by Gasteiger charge is 1.91. The van der Waals surface area contributed by atoms with E-state index in [2.05, 4.69) is 22.6 Å². The molecule has 56 valence electrons. The van der Waals surface area contributed by atoms with Gasteiger partial charge in [-0.1, -0.05) is 12.8 Å². The summed E-state index contributed by atoms with van der Waals surface area (Å²) in [6.07, 6.45) is 0.937. The van der Waals surface area contributed by atoms with E-state index in [9.17, 15) is 4.79 Å². The van der Waals surface area contributed by atoms with E-state index < -0.39 is 0 Å². The molecule has 0 aromatic carbocycles. The molecule has 10 heavy (non-hydrogen) atoms. The number of hydrogen-bond acceptors (Lipinski definition) is 1. The normalized spacial score (nSPS) is 7.40. The van der Waals surface area contributed by atoms with Crippen LogP contribution in [0.15, 0.2) is 0 Å². The first-order valence-corrected chi connectivity index (χ1v) is 3.26. The van der Waals surface area contributed by atoms with Crippen molar-refractivity contribution in [3.63, 3.8) is 0 Å². The highest BCUT2D eigenvalue weighted by molar-refractivity contribution is 5.75. The van der Waals surface area contributed by atoms with Gasteiger partial charge in [-0.3, -0.25) is 5.32 Å². The molecule has 0 spiro atoms. The van der Waals surface area contributed by atoms with Crippen molar-refractivity contribution in [3.05, 3.63) is 0 Å². The first-order chi connectivity index (χ1) is 4.81. The van der Waals surface area contributed by atoms with E-state index in [1.165, 1.54) is 0 Å². The molecule has 0 bridgehead atoms. The van der Waals surface area contributed by atoms with Gasteiger partial charge in [-0.05, 0) is 13.3 Å². The van der Waals surface area contributed by atoms with Gasteiger partial charge in [0.2, 0.25) is 0 Å². The van der Waals surface area contributed by atoms with Gasteiger partial charge in [0.05, 0.1) is 0 Å². The van der Waals surface area contributed by atoms with Crippen LogP contribution >= 0.6 is 0 Å². The maximum Gasteiger partial charge on any atom is 0.326 e. The van der Waals surface area contributed by atoms with Gasteiger partial charge in [0.15, 0.2) is 0 Å². The van der Waals surface area contributed by atoms with Crippen molar-refractivity contribution in [2.75, 3.05) is 6.54 Å². The van der Waals surface area contributed by atoms with Crippen molar-refractivity contribution in [2.24, 2.45) is 0 Å². The van der Waals surface area contributed by atoms with Gasteiger partial charge in [-0.25, -0.2) is 4.79 Å². The van der Waals surface area contributed by atoms with Gasteiger partial charge in [-0.2, -0.15) is 0 Å². The summed E-state index contributed by atoms with van der Waals surface area (Å²) in [4.78, 5) is 10.6. The summed E-state index contributed by atoms with van der Waals surface area (Å²) in [6.45, 7) is 4.35.